The maximum Gasteiger partial charge on any atom is 0.191 e. The molecule has 3 heterocycles. The number of anilines is 1. The van der Waals surface area contributed by atoms with Crippen molar-refractivity contribution in [2.45, 2.75) is 45.9 Å². The van der Waals surface area contributed by atoms with Gasteiger partial charge in [-0.3, -0.25) is 4.99 Å². The van der Waals surface area contributed by atoms with Crippen molar-refractivity contribution in [3.63, 3.8) is 0 Å². The molecule has 0 radical (unpaired) electrons. The SMILES string of the molecule is CN=C(NCc1ccnc(N2CCOC(C)C2)c1)NCc1nc(C(C)C)cs1.I. The molecular weight excluding hydrogens is 499 g/mol. The van der Waals surface area contributed by atoms with Gasteiger partial charge in [-0.2, -0.15) is 0 Å². The molecule has 160 valence electrons. The lowest BCUT2D eigenvalue weighted by molar-refractivity contribution is 0.0529. The topological polar surface area (TPSA) is 74.7 Å². The number of nitrogens with zero attached hydrogens (tertiary/aromatic N) is 4. The minimum Gasteiger partial charge on any atom is -0.375 e. The summed E-state index contributed by atoms with van der Waals surface area (Å²) < 4.78 is 5.62. The predicted molar refractivity (Wildman–Crippen MR) is 131 cm³/mol. The van der Waals surface area contributed by atoms with E-state index in [-0.39, 0.29) is 30.1 Å². The highest BCUT2D eigenvalue weighted by atomic mass is 127. The second-order valence-corrected chi connectivity index (χ2v) is 8.19. The van der Waals surface area contributed by atoms with Crippen molar-refractivity contribution in [1.82, 2.24) is 20.6 Å². The van der Waals surface area contributed by atoms with E-state index >= 15 is 0 Å². The van der Waals surface area contributed by atoms with Gasteiger partial charge in [-0.05, 0) is 30.5 Å². The van der Waals surface area contributed by atoms with Crippen LogP contribution in [0.4, 0.5) is 5.82 Å². The zero-order valence-corrected chi connectivity index (χ0v) is 20.7. The highest BCUT2D eigenvalue weighted by Gasteiger charge is 2.18. The third-order valence-corrected chi connectivity index (χ3v) is 5.49. The molecule has 1 fully saturated rings. The lowest BCUT2D eigenvalue weighted by atomic mass is 10.2. The van der Waals surface area contributed by atoms with Crippen LogP contribution in [0, 0.1) is 0 Å². The van der Waals surface area contributed by atoms with Gasteiger partial charge in [0, 0.05) is 38.3 Å². The number of hydrogen-bond donors (Lipinski definition) is 2. The molecule has 1 unspecified atom stereocenters. The fourth-order valence-corrected chi connectivity index (χ4v) is 3.90. The summed E-state index contributed by atoms with van der Waals surface area (Å²) in [5.41, 5.74) is 2.31. The van der Waals surface area contributed by atoms with Crippen LogP contribution < -0.4 is 15.5 Å². The standard InChI is InChI=1S/C20H30N6OS.HI/c1-14(2)17-13-28-19(25-17)11-24-20(21-4)23-10-16-5-6-22-18(9-16)26-7-8-27-15(3)12-26;/h5-6,9,13-15H,7-8,10-12H2,1-4H3,(H2,21,23,24);1H. The van der Waals surface area contributed by atoms with Gasteiger partial charge < -0.3 is 20.3 Å². The van der Waals surface area contributed by atoms with Crippen LogP contribution in [0.25, 0.3) is 0 Å². The normalized spacial score (nSPS) is 17.2. The van der Waals surface area contributed by atoms with Gasteiger partial charge in [0.25, 0.3) is 0 Å². The van der Waals surface area contributed by atoms with Crippen LogP contribution in [-0.2, 0) is 17.8 Å². The Kier molecular flexibility index (Phi) is 9.57. The maximum atomic E-state index is 5.62. The molecule has 1 aliphatic rings. The Morgan fingerprint density at radius 2 is 2.17 bits per heavy atom. The first-order valence-corrected chi connectivity index (χ1v) is 10.6. The fraction of sp³-hybridized carbons (Fsp3) is 0.550. The van der Waals surface area contributed by atoms with Crippen LogP contribution in [0.5, 0.6) is 0 Å². The van der Waals surface area contributed by atoms with Gasteiger partial charge in [0.15, 0.2) is 5.96 Å². The van der Waals surface area contributed by atoms with Gasteiger partial charge >= 0.3 is 0 Å². The van der Waals surface area contributed by atoms with Gasteiger partial charge in [0.2, 0.25) is 0 Å². The van der Waals surface area contributed by atoms with Gasteiger partial charge in [-0.25, -0.2) is 9.97 Å². The zero-order valence-electron chi connectivity index (χ0n) is 17.5. The van der Waals surface area contributed by atoms with Crippen molar-refractivity contribution in [2.75, 3.05) is 31.6 Å². The first-order chi connectivity index (χ1) is 13.5. The molecule has 1 saturated heterocycles. The molecule has 7 nitrogen and oxygen atoms in total. The number of guanidine groups is 1. The van der Waals surface area contributed by atoms with E-state index in [1.54, 1.807) is 18.4 Å². The minimum absolute atomic E-state index is 0. The summed E-state index contributed by atoms with van der Waals surface area (Å²) in [5, 5.41) is 9.90. The first-order valence-electron chi connectivity index (χ1n) is 9.75. The Bertz CT molecular complexity index is 797. The molecule has 1 atom stereocenters. The van der Waals surface area contributed by atoms with E-state index in [0.717, 1.165) is 42.2 Å². The second kappa shape index (κ2) is 11.7. The molecule has 3 rings (SSSR count). The Labute approximate surface area is 194 Å². The van der Waals surface area contributed by atoms with Crippen LogP contribution >= 0.6 is 35.3 Å². The number of aromatic nitrogens is 2. The van der Waals surface area contributed by atoms with Crippen LogP contribution in [0.2, 0.25) is 0 Å². The Hall–Kier alpha value is -1.46. The van der Waals surface area contributed by atoms with Crippen molar-refractivity contribution in [1.29, 1.82) is 0 Å². The van der Waals surface area contributed by atoms with E-state index in [0.29, 0.717) is 19.0 Å². The number of thiazole rings is 1. The maximum absolute atomic E-state index is 5.62. The van der Waals surface area contributed by atoms with E-state index in [4.69, 9.17) is 4.74 Å². The molecule has 1 aliphatic heterocycles. The van der Waals surface area contributed by atoms with E-state index < -0.39 is 0 Å². The lowest BCUT2D eigenvalue weighted by Gasteiger charge is -2.32. The molecule has 0 spiro atoms. The summed E-state index contributed by atoms with van der Waals surface area (Å²) in [5.74, 6) is 2.22. The fourth-order valence-electron chi connectivity index (χ4n) is 3.01. The lowest BCUT2D eigenvalue weighted by Crippen LogP contribution is -2.41. The summed E-state index contributed by atoms with van der Waals surface area (Å²) in [7, 11) is 1.78. The van der Waals surface area contributed by atoms with Crippen molar-refractivity contribution in [3.8, 4) is 0 Å². The Morgan fingerprint density at radius 3 is 2.86 bits per heavy atom. The van der Waals surface area contributed by atoms with Crippen LogP contribution in [-0.4, -0.2) is 48.8 Å². The van der Waals surface area contributed by atoms with E-state index in [1.807, 2.05) is 12.3 Å². The molecule has 0 saturated carbocycles. The quantitative estimate of drug-likeness (QED) is 0.339. The van der Waals surface area contributed by atoms with Crippen molar-refractivity contribution in [2.24, 2.45) is 4.99 Å². The number of rotatable bonds is 6. The number of morpholine rings is 1. The average molecular weight is 530 g/mol. The van der Waals surface area contributed by atoms with Gasteiger partial charge in [-0.15, -0.1) is 35.3 Å². The van der Waals surface area contributed by atoms with Gasteiger partial charge in [0.1, 0.15) is 10.8 Å². The number of hydrogen-bond acceptors (Lipinski definition) is 6. The predicted octanol–water partition coefficient (Wildman–Crippen LogP) is 3.37. The molecule has 2 aromatic heterocycles. The average Bonchev–Trinajstić information content (AvgIpc) is 3.18. The summed E-state index contributed by atoms with van der Waals surface area (Å²) >= 11 is 1.68. The summed E-state index contributed by atoms with van der Waals surface area (Å²) in [6, 6.07) is 4.16. The summed E-state index contributed by atoms with van der Waals surface area (Å²) in [6.07, 6.45) is 2.11. The molecule has 0 aromatic carbocycles. The van der Waals surface area contributed by atoms with Crippen LogP contribution in [0.1, 0.15) is 43.0 Å². The number of aliphatic imine (C=N–C) groups is 1. The summed E-state index contributed by atoms with van der Waals surface area (Å²) in [4.78, 5) is 15.8. The third kappa shape index (κ3) is 7.07. The van der Waals surface area contributed by atoms with E-state index in [9.17, 15) is 0 Å². The molecule has 0 amide bonds. The monoisotopic (exact) mass is 530 g/mol. The Morgan fingerprint density at radius 1 is 1.38 bits per heavy atom. The highest BCUT2D eigenvalue weighted by Crippen LogP contribution is 2.18. The van der Waals surface area contributed by atoms with Crippen LogP contribution in [0.3, 0.4) is 0 Å². The van der Waals surface area contributed by atoms with Crippen LogP contribution in [0.15, 0.2) is 28.7 Å². The molecule has 0 bridgehead atoms. The number of pyridine rings is 1. The van der Waals surface area contributed by atoms with E-state index in [2.05, 4.69) is 62.7 Å². The number of nitrogens with one attached hydrogen (secondary N) is 2. The van der Waals surface area contributed by atoms with Crippen molar-refractivity contribution < 1.29 is 4.74 Å². The second-order valence-electron chi connectivity index (χ2n) is 7.25. The van der Waals surface area contributed by atoms with Crippen molar-refractivity contribution in [3.05, 3.63) is 40.0 Å². The largest absolute Gasteiger partial charge is 0.375 e. The first kappa shape index (κ1) is 23.8. The number of halogens is 1. The summed E-state index contributed by atoms with van der Waals surface area (Å²) in [6.45, 7) is 10.3. The zero-order chi connectivity index (χ0) is 19.9. The highest BCUT2D eigenvalue weighted by molar-refractivity contribution is 14.0. The van der Waals surface area contributed by atoms with E-state index in [1.165, 1.54) is 5.56 Å². The smallest absolute Gasteiger partial charge is 0.191 e. The molecule has 29 heavy (non-hydrogen) atoms. The molecule has 9 heteroatoms. The third-order valence-electron chi connectivity index (χ3n) is 4.63. The molecule has 0 aliphatic carbocycles. The van der Waals surface area contributed by atoms with Gasteiger partial charge in [0.05, 0.1) is 24.9 Å². The number of ether oxygens (including phenoxy) is 1. The Balaban J connectivity index is 0.00000300. The molecular formula is C20H31IN6OS. The minimum atomic E-state index is 0. The molecule has 2 aromatic rings. The molecule has 2 N–H and O–H groups in total. The van der Waals surface area contributed by atoms with Gasteiger partial charge in [-0.1, -0.05) is 13.8 Å². The van der Waals surface area contributed by atoms with Crippen molar-refractivity contribution >= 4 is 47.1 Å².